The van der Waals surface area contributed by atoms with Gasteiger partial charge in [0.25, 0.3) is 0 Å². The van der Waals surface area contributed by atoms with Crippen molar-refractivity contribution in [1.29, 1.82) is 0 Å². The molecule has 0 N–H and O–H groups in total. The summed E-state index contributed by atoms with van der Waals surface area (Å²) in [5.74, 6) is 0.0823. The van der Waals surface area contributed by atoms with E-state index in [2.05, 4.69) is 83.1 Å². The van der Waals surface area contributed by atoms with Gasteiger partial charge in [-0.25, -0.2) is 0 Å². The number of ether oxygens (including phenoxy) is 1. The Morgan fingerprint density at radius 2 is 0.793 bits per heavy atom. The average Bonchev–Trinajstić information content (AvgIpc) is 2.50. The minimum absolute atomic E-state index is 0.0823. The second-order valence-electron chi connectivity index (χ2n) is 12.5. The van der Waals surface area contributed by atoms with E-state index >= 15 is 0 Å². The summed E-state index contributed by atoms with van der Waals surface area (Å²) in [6.07, 6.45) is 7.48. The molecule has 0 radical (unpaired) electrons. The highest BCUT2D eigenvalue weighted by atomic mass is 16.5. The van der Waals surface area contributed by atoms with Crippen molar-refractivity contribution in [3.63, 3.8) is 0 Å². The smallest absolute Gasteiger partial charge is 0.179 e. The van der Waals surface area contributed by atoms with E-state index in [9.17, 15) is 4.79 Å². The molecule has 2 heteroatoms. The van der Waals surface area contributed by atoms with Crippen LogP contribution in [0.4, 0.5) is 0 Å². The van der Waals surface area contributed by atoms with Gasteiger partial charge < -0.3 is 4.74 Å². The second kappa shape index (κ2) is 7.15. The lowest BCUT2D eigenvalue weighted by Gasteiger charge is -2.41. The first-order valence-electron chi connectivity index (χ1n) is 10.7. The summed E-state index contributed by atoms with van der Waals surface area (Å²) in [7, 11) is 0. The van der Waals surface area contributed by atoms with Crippen molar-refractivity contribution in [3.05, 3.63) is 58.1 Å². The quantitative estimate of drug-likeness (QED) is 0.419. The number of hydrogen-bond acceptors (Lipinski definition) is 2. The van der Waals surface area contributed by atoms with E-state index in [-0.39, 0.29) is 27.4 Å². The summed E-state index contributed by atoms with van der Waals surface area (Å²) in [4.78, 5) is 12.7. The fourth-order valence-corrected chi connectivity index (χ4v) is 3.87. The maximum Gasteiger partial charge on any atom is 0.179 e. The summed E-state index contributed by atoms with van der Waals surface area (Å²) in [6, 6.07) is 0. The topological polar surface area (TPSA) is 26.3 Å². The third-order valence-electron chi connectivity index (χ3n) is 5.50. The largest absolute Gasteiger partial charge is 0.472 e. The van der Waals surface area contributed by atoms with Gasteiger partial charge in [0.05, 0.1) is 12.5 Å². The molecule has 0 amide bonds. The van der Waals surface area contributed by atoms with Crippen molar-refractivity contribution in [3.8, 4) is 0 Å². The third kappa shape index (κ3) is 4.85. The molecule has 0 aromatic carbocycles. The molecule has 1 heterocycles. The van der Waals surface area contributed by atoms with Gasteiger partial charge in [0.15, 0.2) is 5.78 Å². The van der Waals surface area contributed by atoms with Crippen LogP contribution in [0.2, 0.25) is 0 Å². The summed E-state index contributed by atoms with van der Waals surface area (Å²) in [5.41, 5.74) is 6.50. The summed E-state index contributed by atoms with van der Waals surface area (Å²) >= 11 is 0. The van der Waals surface area contributed by atoms with Crippen LogP contribution >= 0.6 is 0 Å². The zero-order chi connectivity index (χ0) is 22.6. The van der Waals surface area contributed by atoms with Gasteiger partial charge in [0, 0.05) is 11.1 Å². The van der Waals surface area contributed by atoms with E-state index in [4.69, 9.17) is 4.74 Å². The fraction of sp³-hybridized carbons (Fsp3) is 0.593. The predicted molar refractivity (Wildman–Crippen MR) is 123 cm³/mol. The Kier molecular flexibility index (Phi) is 5.78. The molecular weight excluding hydrogens is 356 g/mol. The van der Waals surface area contributed by atoms with Gasteiger partial charge in [-0.2, -0.15) is 0 Å². The van der Waals surface area contributed by atoms with E-state index in [1.54, 1.807) is 0 Å². The zero-order valence-corrected chi connectivity index (χ0v) is 20.6. The summed E-state index contributed by atoms with van der Waals surface area (Å²) in [6.45, 7) is 26.5. The lowest BCUT2D eigenvalue weighted by molar-refractivity contribution is -0.110. The van der Waals surface area contributed by atoms with E-state index in [0.717, 1.165) is 11.1 Å². The number of hydrogen-bond donors (Lipinski definition) is 0. The standard InChI is InChI=1S/C27H40O2/c1-24(2,3)18-13-17(28)14-19(25(4,5)6)22(18)23-20(26(7,8)9)15-29-16-21(23)27(10,11)12/h13-16H,1-12H3. The maximum absolute atomic E-state index is 12.7. The SMILES string of the molecule is CC(C)(C)C1=COC=C(C(C)(C)C)C1=C1C(C(C)(C)C)=CC(=O)C=C1C(C)(C)C. The summed E-state index contributed by atoms with van der Waals surface area (Å²) < 4.78 is 5.87. The molecule has 0 unspecified atom stereocenters. The highest BCUT2D eigenvalue weighted by molar-refractivity contribution is 6.04. The molecule has 1 aliphatic carbocycles. The van der Waals surface area contributed by atoms with Crippen molar-refractivity contribution in [2.75, 3.05) is 0 Å². The van der Waals surface area contributed by atoms with Crippen LogP contribution in [-0.2, 0) is 9.53 Å². The van der Waals surface area contributed by atoms with Crippen LogP contribution < -0.4 is 0 Å². The highest BCUT2D eigenvalue weighted by Gasteiger charge is 2.40. The normalized spacial score (nSPS) is 19.4. The third-order valence-corrected chi connectivity index (χ3v) is 5.50. The molecule has 2 aliphatic rings. The molecule has 0 saturated carbocycles. The Hall–Kier alpha value is -1.83. The van der Waals surface area contributed by atoms with Crippen molar-refractivity contribution in [2.45, 2.75) is 83.1 Å². The Balaban J connectivity index is 3.06. The number of allylic oxidation sites excluding steroid dienone is 8. The fourth-order valence-electron chi connectivity index (χ4n) is 3.87. The van der Waals surface area contributed by atoms with Crippen LogP contribution in [0.15, 0.2) is 58.1 Å². The summed E-state index contributed by atoms with van der Waals surface area (Å²) in [5, 5.41) is 0. The maximum atomic E-state index is 12.7. The minimum atomic E-state index is -0.160. The van der Waals surface area contributed by atoms with Crippen LogP contribution in [0.5, 0.6) is 0 Å². The Morgan fingerprint density at radius 1 is 0.517 bits per heavy atom. The van der Waals surface area contributed by atoms with Gasteiger partial charge in [-0.15, -0.1) is 0 Å². The molecule has 0 bridgehead atoms. The van der Waals surface area contributed by atoms with Crippen molar-refractivity contribution in [2.24, 2.45) is 21.7 Å². The first-order valence-corrected chi connectivity index (χ1v) is 10.7. The molecule has 0 aromatic heterocycles. The van der Waals surface area contributed by atoms with E-state index < -0.39 is 0 Å². The lowest BCUT2D eigenvalue weighted by Crippen LogP contribution is -2.29. The first kappa shape index (κ1) is 23.4. The number of carbonyl (C=O) groups is 1. The van der Waals surface area contributed by atoms with E-state index in [1.807, 2.05) is 24.7 Å². The molecule has 0 spiro atoms. The molecule has 0 fully saturated rings. The van der Waals surface area contributed by atoms with Crippen LogP contribution in [0.25, 0.3) is 0 Å². The van der Waals surface area contributed by atoms with Crippen molar-refractivity contribution >= 4 is 5.78 Å². The van der Waals surface area contributed by atoms with Crippen LogP contribution in [0.3, 0.4) is 0 Å². The van der Waals surface area contributed by atoms with Crippen LogP contribution in [0.1, 0.15) is 83.1 Å². The molecule has 29 heavy (non-hydrogen) atoms. The Labute approximate surface area is 178 Å². The van der Waals surface area contributed by atoms with Crippen molar-refractivity contribution < 1.29 is 9.53 Å². The molecular formula is C27H40O2. The molecule has 1 aliphatic heterocycles. The highest BCUT2D eigenvalue weighted by Crippen LogP contribution is 2.52. The number of carbonyl (C=O) groups excluding carboxylic acids is 1. The molecule has 2 rings (SSSR count). The monoisotopic (exact) mass is 396 g/mol. The Bertz CT molecular complexity index is 787. The van der Waals surface area contributed by atoms with E-state index in [0.29, 0.717) is 0 Å². The van der Waals surface area contributed by atoms with Gasteiger partial charge >= 0.3 is 0 Å². The average molecular weight is 397 g/mol. The molecule has 0 atom stereocenters. The number of rotatable bonds is 0. The van der Waals surface area contributed by atoms with Gasteiger partial charge in [-0.1, -0.05) is 83.1 Å². The minimum Gasteiger partial charge on any atom is -0.472 e. The molecule has 0 saturated heterocycles. The van der Waals surface area contributed by atoms with Crippen LogP contribution in [0, 0.1) is 21.7 Å². The Morgan fingerprint density at radius 3 is 1.07 bits per heavy atom. The second-order valence-corrected chi connectivity index (χ2v) is 12.5. The molecule has 160 valence electrons. The predicted octanol–water partition coefficient (Wildman–Crippen LogP) is 7.70. The molecule has 0 aromatic rings. The van der Waals surface area contributed by atoms with E-state index in [1.165, 1.54) is 22.3 Å². The first-order chi connectivity index (χ1) is 12.8. The van der Waals surface area contributed by atoms with Crippen molar-refractivity contribution in [1.82, 2.24) is 0 Å². The van der Waals surface area contributed by atoms with Gasteiger partial charge in [0.1, 0.15) is 0 Å². The molecule has 2 nitrogen and oxygen atoms in total. The van der Waals surface area contributed by atoms with Gasteiger partial charge in [-0.3, -0.25) is 4.79 Å². The zero-order valence-electron chi connectivity index (χ0n) is 20.6. The van der Waals surface area contributed by atoms with Gasteiger partial charge in [0.2, 0.25) is 0 Å². The van der Waals surface area contributed by atoms with Crippen LogP contribution in [-0.4, -0.2) is 5.78 Å². The van der Waals surface area contributed by atoms with Gasteiger partial charge in [-0.05, 0) is 56.1 Å². The number of ketones is 1. The lowest BCUT2D eigenvalue weighted by atomic mass is 9.63.